The van der Waals surface area contributed by atoms with Gasteiger partial charge in [0.05, 0.1) is 45.6 Å². The van der Waals surface area contributed by atoms with E-state index in [4.69, 9.17) is 18.9 Å². The van der Waals surface area contributed by atoms with Crippen molar-refractivity contribution in [2.75, 3.05) is 53.2 Å². The lowest BCUT2D eigenvalue weighted by atomic mass is 9.83. The molecule has 1 aliphatic heterocycles. The smallest absolute Gasteiger partial charge is 0.257 e. The fourth-order valence-corrected chi connectivity index (χ4v) is 4.97. The van der Waals surface area contributed by atoms with Crippen LogP contribution in [0.2, 0.25) is 0 Å². The molecule has 1 saturated heterocycles. The van der Waals surface area contributed by atoms with Gasteiger partial charge >= 0.3 is 0 Å². The number of ketones is 1. The van der Waals surface area contributed by atoms with Gasteiger partial charge in [-0.15, -0.1) is 0 Å². The van der Waals surface area contributed by atoms with Crippen LogP contribution in [-0.2, 0) is 16.7 Å². The zero-order valence-electron chi connectivity index (χ0n) is 25.7. The Morgan fingerprint density at radius 1 is 1.05 bits per heavy atom. The Balaban J connectivity index is 1.92. The van der Waals surface area contributed by atoms with Crippen molar-refractivity contribution in [1.82, 2.24) is 10.2 Å². The van der Waals surface area contributed by atoms with Gasteiger partial charge in [0.2, 0.25) is 0 Å². The highest BCUT2D eigenvalue weighted by molar-refractivity contribution is 6.03. The number of benzene rings is 2. The molecule has 8 nitrogen and oxygen atoms in total. The Morgan fingerprint density at radius 2 is 1.71 bits per heavy atom. The summed E-state index contributed by atoms with van der Waals surface area (Å²) in [6, 6.07) is 5.23. The molecule has 1 amide bonds. The van der Waals surface area contributed by atoms with Crippen LogP contribution in [0.5, 0.6) is 17.2 Å². The summed E-state index contributed by atoms with van der Waals surface area (Å²) in [6.45, 7) is 16.3. The maximum atomic E-state index is 15.7. The fraction of sp³-hybridized carbons (Fsp3) is 0.562. The second-order valence-corrected chi connectivity index (χ2v) is 11.4. The van der Waals surface area contributed by atoms with E-state index in [1.807, 2.05) is 47.6 Å². The van der Waals surface area contributed by atoms with E-state index in [0.29, 0.717) is 67.7 Å². The summed E-state index contributed by atoms with van der Waals surface area (Å²) in [5, 5.41) is 3.13. The van der Waals surface area contributed by atoms with Crippen molar-refractivity contribution in [3.8, 4) is 17.2 Å². The van der Waals surface area contributed by atoms with Crippen LogP contribution in [0.1, 0.15) is 91.8 Å². The van der Waals surface area contributed by atoms with Gasteiger partial charge in [-0.2, -0.15) is 0 Å². The van der Waals surface area contributed by atoms with Gasteiger partial charge in [0.25, 0.3) is 5.91 Å². The number of carbonyl (C=O) groups excluding carboxylic acids is 2. The highest BCUT2D eigenvalue weighted by Crippen LogP contribution is 2.38. The first-order valence-corrected chi connectivity index (χ1v) is 14.4. The monoisotopic (exact) mass is 572 g/mol. The van der Waals surface area contributed by atoms with Crippen LogP contribution in [0.3, 0.4) is 0 Å². The van der Waals surface area contributed by atoms with Gasteiger partial charge in [-0.1, -0.05) is 34.6 Å². The molecule has 0 aromatic heterocycles. The Labute approximate surface area is 243 Å². The van der Waals surface area contributed by atoms with E-state index in [1.54, 1.807) is 24.0 Å². The van der Waals surface area contributed by atoms with E-state index in [0.717, 1.165) is 11.1 Å². The van der Waals surface area contributed by atoms with E-state index in [9.17, 15) is 9.59 Å². The van der Waals surface area contributed by atoms with E-state index < -0.39 is 5.82 Å². The molecule has 2 aromatic carbocycles. The third-order valence-electron chi connectivity index (χ3n) is 7.07. The summed E-state index contributed by atoms with van der Waals surface area (Å²) in [4.78, 5) is 28.7. The van der Waals surface area contributed by atoms with Crippen molar-refractivity contribution in [2.45, 2.75) is 66.3 Å². The molecule has 1 N–H and O–H groups in total. The molecule has 0 unspecified atom stereocenters. The maximum Gasteiger partial charge on any atom is 0.257 e. The van der Waals surface area contributed by atoms with Crippen LogP contribution >= 0.6 is 0 Å². The Bertz CT molecular complexity index is 1230. The summed E-state index contributed by atoms with van der Waals surface area (Å²) in [5.41, 5.74) is 2.35. The predicted molar refractivity (Wildman–Crippen MR) is 157 cm³/mol. The van der Waals surface area contributed by atoms with Crippen LogP contribution in [0.15, 0.2) is 18.2 Å². The molecular weight excluding hydrogens is 527 g/mol. The van der Waals surface area contributed by atoms with Crippen molar-refractivity contribution in [3.63, 3.8) is 0 Å². The molecule has 0 spiro atoms. The molecule has 41 heavy (non-hydrogen) atoms. The van der Waals surface area contributed by atoms with Crippen LogP contribution < -0.4 is 19.5 Å². The highest BCUT2D eigenvalue weighted by Gasteiger charge is 2.29. The van der Waals surface area contributed by atoms with Crippen molar-refractivity contribution in [2.24, 2.45) is 0 Å². The number of nitrogens with zero attached hydrogens (tertiary/aromatic N) is 1. The van der Waals surface area contributed by atoms with Gasteiger partial charge in [0, 0.05) is 36.3 Å². The molecule has 1 aliphatic rings. The Kier molecular flexibility index (Phi) is 11.2. The second kappa shape index (κ2) is 14.1. The maximum absolute atomic E-state index is 15.7. The first-order chi connectivity index (χ1) is 19.4. The third kappa shape index (κ3) is 7.57. The molecule has 3 rings (SSSR count). The highest BCUT2D eigenvalue weighted by atomic mass is 19.1. The zero-order valence-corrected chi connectivity index (χ0v) is 25.7. The normalized spacial score (nSPS) is 13.9. The van der Waals surface area contributed by atoms with E-state index >= 15 is 4.39 Å². The number of hydrogen-bond acceptors (Lipinski definition) is 7. The summed E-state index contributed by atoms with van der Waals surface area (Å²) in [6.07, 6.45) is 0. The zero-order chi connectivity index (χ0) is 30.3. The molecule has 0 aliphatic carbocycles. The molecule has 9 heteroatoms. The number of Topliss-reactive ketones (excluding diaryl/α,β-unsaturated/α-hetero) is 1. The van der Waals surface area contributed by atoms with Crippen molar-refractivity contribution >= 4 is 11.7 Å². The van der Waals surface area contributed by atoms with Crippen molar-refractivity contribution < 1.29 is 32.9 Å². The lowest BCUT2D eigenvalue weighted by Crippen LogP contribution is -2.41. The minimum absolute atomic E-state index is 0.0246. The third-order valence-corrected chi connectivity index (χ3v) is 7.07. The first-order valence-electron chi connectivity index (χ1n) is 14.4. The van der Waals surface area contributed by atoms with Gasteiger partial charge in [-0.05, 0) is 48.9 Å². The number of rotatable bonds is 12. The van der Waals surface area contributed by atoms with E-state index in [-0.39, 0.29) is 41.9 Å². The van der Waals surface area contributed by atoms with Gasteiger partial charge < -0.3 is 29.2 Å². The van der Waals surface area contributed by atoms with Gasteiger partial charge in [-0.3, -0.25) is 9.59 Å². The molecule has 0 radical (unpaired) electrons. The number of methoxy groups -OCH3 is 1. The molecule has 1 fully saturated rings. The summed E-state index contributed by atoms with van der Waals surface area (Å²) < 4.78 is 38.1. The number of halogens is 1. The van der Waals surface area contributed by atoms with E-state index in [1.165, 1.54) is 7.11 Å². The average molecular weight is 573 g/mol. The number of ether oxygens (including phenoxy) is 4. The molecule has 1 heterocycles. The lowest BCUT2D eigenvalue weighted by Gasteiger charge is -2.29. The van der Waals surface area contributed by atoms with Gasteiger partial charge in [0.1, 0.15) is 5.75 Å². The number of amides is 1. The van der Waals surface area contributed by atoms with Gasteiger partial charge in [-0.25, -0.2) is 4.39 Å². The Morgan fingerprint density at radius 3 is 2.27 bits per heavy atom. The number of morpholine rings is 1. The summed E-state index contributed by atoms with van der Waals surface area (Å²) in [7, 11) is 1.54. The quantitative estimate of drug-likeness (QED) is 0.336. The van der Waals surface area contributed by atoms with Crippen LogP contribution in [0.4, 0.5) is 4.39 Å². The topological polar surface area (TPSA) is 86.3 Å². The predicted octanol–water partition coefficient (Wildman–Crippen LogP) is 5.50. The molecule has 0 atom stereocenters. The number of nitrogens with one attached hydrogen (secondary N) is 1. The number of hydrogen-bond donors (Lipinski definition) is 1. The minimum Gasteiger partial charge on any atom is -0.496 e. The average Bonchev–Trinajstić information content (AvgIpc) is 2.94. The van der Waals surface area contributed by atoms with Crippen LogP contribution in [0, 0.1) is 5.82 Å². The molecule has 0 saturated carbocycles. The van der Waals surface area contributed by atoms with Gasteiger partial charge in [0.15, 0.2) is 23.1 Å². The molecule has 2 aromatic rings. The van der Waals surface area contributed by atoms with Crippen LogP contribution in [0.25, 0.3) is 0 Å². The standard InChI is InChI=1S/C32H45FN2O6/c1-9-40-27-17-22(20(3)4)24(28(33)30(27)41-10-2)18-34-19-26(36)21-15-23(31(37)35-11-13-39-14-12-35)29(38-8)25(16-21)32(5,6)7/h15-17,20,34H,9-14,18-19H2,1-8H3. The molecular formula is C32H45FN2O6. The van der Waals surface area contributed by atoms with Crippen molar-refractivity contribution in [1.29, 1.82) is 0 Å². The lowest BCUT2D eigenvalue weighted by molar-refractivity contribution is 0.0300. The molecule has 226 valence electrons. The minimum atomic E-state index is -0.487. The largest absolute Gasteiger partial charge is 0.496 e. The first kappa shape index (κ1) is 32.3. The number of carbonyl (C=O) groups is 2. The second-order valence-electron chi connectivity index (χ2n) is 11.4. The van der Waals surface area contributed by atoms with Crippen molar-refractivity contribution in [3.05, 3.63) is 51.8 Å². The Hall–Kier alpha value is -3.17. The SMILES string of the molecule is CCOc1cc(C(C)C)c(CNCC(=O)c2cc(C(=O)N3CCOCC3)c(OC)c(C(C)(C)C)c2)c(F)c1OCC. The van der Waals surface area contributed by atoms with E-state index in [2.05, 4.69) is 5.32 Å². The fourth-order valence-electron chi connectivity index (χ4n) is 4.97. The molecule has 0 bridgehead atoms. The van der Waals surface area contributed by atoms with Crippen LogP contribution in [-0.4, -0.2) is 69.8 Å². The summed E-state index contributed by atoms with van der Waals surface area (Å²) in [5.74, 6) is 0.0613. The summed E-state index contributed by atoms with van der Waals surface area (Å²) >= 11 is 0.